The molecule has 3 nitrogen and oxygen atoms in total. The second kappa shape index (κ2) is 3.93. The van der Waals surface area contributed by atoms with E-state index < -0.39 is 0 Å². The summed E-state index contributed by atoms with van der Waals surface area (Å²) in [7, 11) is 1.66. The predicted octanol–water partition coefficient (Wildman–Crippen LogP) is 1.61. The Hall–Kier alpha value is -1.51. The topological polar surface area (TPSA) is 38.3 Å². The van der Waals surface area contributed by atoms with Gasteiger partial charge in [0.15, 0.2) is 0 Å². The second-order valence-corrected chi connectivity index (χ2v) is 3.86. The van der Waals surface area contributed by atoms with Crippen molar-refractivity contribution in [1.82, 2.24) is 5.32 Å². The molecule has 80 valence electrons. The first kappa shape index (κ1) is 10.0. The molecule has 1 N–H and O–H groups in total. The number of hydrogen-bond acceptors (Lipinski definition) is 2. The number of hydrogen-bond donors (Lipinski definition) is 1. The van der Waals surface area contributed by atoms with Gasteiger partial charge in [0.25, 0.3) is 0 Å². The van der Waals surface area contributed by atoms with Gasteiger partial charge in [0, 0.05) is 6.54 Å². The minimum Gasteiger partial charge on any atom is -0.496 e. The largest absolute Gasteiger partial charge is 0.496 e. The van der Waals surface area contributed by atoms with E-state index in [4.69, 9.17) is 4.74 Å². The Morgan fingerprint density at radius 1 is 1.47 bits per heavy atom. The van der Waals surface area contributed by atoms with E-state index in [1.165, 1.54) is 0 Å². The molecule has 15 heavy (non-hydrogen) atoms. The average molecular weight is 205 g/mol. The minimum absolute atomic E-state index is 0.0228. The summed E-state index contributed by atoms with van der Waals surface area (Å²) in [5, 5.41) is 2.85. The maximum atomic E-state index is 11.5. The molecule has 1 aromatic carbocycles. The van der Waals surface area contributed by atoms with Crippen molar-refractivity contribution in [1.29, 1.82) is 0 Å². The van der Waals surface area contributed by atoms with Crippen LogP contribution in [-0.4, -0.2) is 19.6 Å². The Morgan fingerprint density at radius 2 is 2.27 bits per heavy atom. The molecular formula is C12H15NO2. The van der Waals surface area contributed by atoms with Crippen LogP contribution < -0.4 is 10.1 Å². The lowest BCUT2D eigenvalue weighted by molar-refractivity contribution is -0.120. The molecule has 0 spiro atoms. The van der Waals surface area contributed by atoms with Crippen LogP contribution in [0.1, 0.15) is 23.5 Å². The van der Waals surface area contributed by atoms with Crippen LogP contribution in [0.2, 0.25) is 0 Å². The highest BCUT2D eigenvalue weighted by Gasteiger charge is 2.25. The number of rotatable bonds is 2. The van der Waals surface area contributed by atoms with Crippen molar-refractivity contribution in [3.05, 3.63) is 29.3 Å². The van der Waals surface area contributed by atoms with Gasteiger partial charge in [-0.3, -0.25) is 4.79 Å². The smallest absolute Gasteiger partial charge is 0.227 e. The maximum absolute atomic E-state index is 11.5. The van der Waals surface area contributed by atoms with Crippen molar-refractivity contribution in [2.75, 3.05) is 13.7 Å². The Labute approximate surface area is 89.4 Å². The molecule has 1 saturated heterocycles. The number of carbonyl (C=O) groups is 1. The van der Waals surface area contributed by atoms with Gasteiger partial charge in [-0.1, -0.05) is 12.1 Å². The highest BCUT2D eigenvalue weighted by atomic mass is 16.5. The summed E-state index contributed by atoms with van der Waals surface area (Å²) in [4.78, 5) is 11.5. The van der Waals surface area contributed by atoms with Crippen LogP contribution in [0, 0.1) is 6.92 Å². The summed E-state index contributed by atoms with van der Waals surface area (Å²) in [6.45, 7) is 2.78. The number of aryl methyl sites for hydroxylation is 1. The molecule has 3 heteroatoms. The first-order valence-electron chi connectivity index (χ1n) is 5.14. The third kappa shape index (κ3) is 1.82. The highest BCUT2D eigenvalue weighted by Crippen LogP contribution is 2.27. The first-order chi connectivity index (χ1) is 7.22. The molecule has 0 saturated carbocycles. The summed E-state index contributed by atoms with van der Waals surface area (Å²) < 4.78 is 5.19. The van der Waals surface area contributed by atoms with E-state index in [0.717, 1.165) is 29.8 Å². The normalized spacial score (nSPS) is 20.1. The van der Waals surface area contributed by atoms with Crippen LogP contribution in [0.3, 0.4) is 0 Å². The average Bonchev–Trinajstić information content (AvgIpc) is 2.64. The number of carbonyl (C=O) groups excluding carboxylic acids is 1. The summed E-state index contributed by atoms with van der Waals surface area (Å²) >= 11 is 0. The van der Waals surface area contributed by atoms with Gasteiger partial charge in [-0.2, -0.15) is 0 Å². The molecule has 0 bridgehead atoms. The zero-order valence-electron chi connectivity index (χ0n) is 9.04. The summed E-state index contributed by atoms with van der Waals surface area (Å²) in [6, 6.07) is 5.94. The molecule has 2 rings (SSSR count). The van der Waals surface area contributed by atoms with Gasteiger partial charge in [-0.15, -0.1) is 0 Å². The standard InChI is InChI=1S/C12H15NO2/c1-8-7-9(3-4-11(8)15-2)10-5-6-13-12(10)14/h3-4,7,10H,5-6H2,1-2H3,(H,13,14). The molecule has 1 fully saturated rings. The van der Waals surface area contributed by atoms with Gasteiger partial charge in [0.2, 0.25) is 5.91 Å². The molecule has 0 radical (unpaired) electrons. The SMILES string of the molecule is COc1ccc(C2CCNC2=O)cc1C. The lowest BCUT2D eigenvalue weighted by Gasteiger charge is -2.10. The lowest BCUT2D eigenvalue weighted by Crippen LogP contribution is -2.17. The summed E-state index contributed by atoms with van der Waals surface area (Å²) in [6.07, 6.45) is 0.893. The van der Waals surface area contributed by atoms with E-state index in [1.54, 1.807) is 7.11 Å². The van der Waals surface area contributed by atoms with Gasteiger partial charge in [-0.05, 0) is 30.5 Å². The quantitative estimate of drug-likeness (QED) is 0.796. The molecule has 1 atom stereocenters. The van der Waals surface area contributed by atoms with Crippen LogP contribution in [-0.2, 0) is 4.79 Å². The number of nitrogens with one attached hydrogen (secondary N) is 1. The van der Waals surface area contributed by atoms with Crippen molar-refractivity contribution < 1.29 is 9.53 Å². The van der Waals surface area contributed by atoms with E-state index >= 15 is 0 Å². The number of ether oxygens (including phenoxy) is 1. The van der Waals surface area contributed by atoms with Crippen molar-refractivity contribution in [3.8, 4) is 5.75 Å². The predicted molar refractivity (Wildman–Crippen MR) is 58.1 cm³/mol. The Morgan fingerprint density at radius 3 is 2.80 bits per heavy atom. The van der Waals surface area contributed by atoms with E-state index in [0.29, 0.717) is 0 Å². The van der Waals surface area contributed by atoms with Crippen LogP contribution in [0.15, 0.2) is 18.2 Å². The minimum atomic E-state index is 0.0228. The third-order valence-electron chi connectivity index (χ3n) is 2.87. The third-order valence-corrected chi connectivity index (χ3v) is 2.87. The molecular weight excluding hydrogens is 190 g/mol. The fraction of sp³-hybridized carbons (Fsp3) is 0.417. The van der Waals surface area contributed by atoms with Crippen molar-refractivity contribution in [2.24, 2.45) is 0 Å². The van der Waals surface area contributed by atoms with Crippen LogP contribution >= 0.6 is 0 Å². The van der Waals surface area contributed by atoms with Crippen LogP contribution in [0.5, 0.6) is 5.75 Å². The summed E-state index contributed by atoms with van der Waals surface area (Å²) in [5.74, 6) is 1.03. The number of methoxy groups -OCH3 is 1. The Bertz CT molecular complexity index is 387. The first-order valence-corrected chi connectivity index (χ1v) is 5.14. The number of amides is 1. The van der Waals surface area contributed by atoms with E-state index in [1.807, 2.05) is 25.1 Å². The van der Waals surface area contributed by atoms with E-state index in [9.17, 15) is 4.79 Å². The highest BCUT2D eigenvalue weighted by molar-refractivity contribution is 5.85. The van der Waals surface area contributed by atoms with Crippen LogP contribution in [0.25, 0.3) is 0 Å². The fourth-order valence-corrected chi connectivity index (χ4v) is 2.03. The molecule has 1 aliphatic heterocycles. The van der Waals surface area contributed by atoms with Gasteiger partial charge in [0.1, 0.15) is 5.75 Å². The molecule has 1 unspecified atom stereocenters. The molecule has 1 heterocycles. The fourth-order valence-electron chi connectivity index (χ4n) is 2.03. The Balaban J connectivity index is 2.29. The van der Waals surface area contributed by atoms with Gasteiger partial charge in [-0.25, -0.2) is 0 Å². The van der Waals surface area contributed by atoms with Gasteiger partial charge < -0.3 is 10.1 Å². The van der Waals surface area contributed by atoms with Crippen molar-refractivity contribution in [2.45, 2.75) is 19.3 Å². The lowest BCUT2D eigenvalue weighted by atomic mass is 9.96. The van der Waals surface area contributed by atoms with Crippen molar-refractivity contribution in [3.63, 3.8) is 0 Å². The van der Waals surface area contributed by atoms with Gasteiger partial charge >= 0.3 is 0 Å². The van der Waals surface area contributed by atoms with E-state index in [-0.39, 0.29) is 11.8 Å². The Kier molecular flexibility index (Phi) is 2.62. The molecule has 1 aliphatic rings. The van der Waals surface area contributed by atoms with Gasteiger partial charge in [0.05, 0.1) is 13.0 Å². The van der Waals surface area contributed by atoms with Crippen LogP contribution in [0.4, 0.5) is 0 Å². The molecule has 1 aromatic rings. The monoisotopic (exact) mass is 205 g/mol. The summed E-state index contributed by atoms with van der Waals surface area (Å²) in [5.41, 5.74) is 2.16. The number of benzene rings is 1. The molecule has 1 amide bonds. The molecule has 0 aromatic heterocycles. The van der Waals surface area contributed by atoms with Crippen molar-refractivity contribution >= 4 is 5.91 Å². The van der Waals surface area contributed by atoms with E-state index in [2.05, 4.69) is 5.32 Å². The zero-order chi connectivity index (χ0) is 10.8. The second-order valence-electron chi connectivity index (χ2n) is 3.86. The molecule has 0 aliphatic carbocycles. The zero-order valence-corrected chi connectivity index (χ0v) is 9.04. The maximum Gasteiger partial charge on any atom is 0.227 e.